The van der Waals surface area contributed by atoms with E-state index >= 15 is 0 Å². The minimum absolute atomic E-state index is 0.0203. The second kappa shape index (κ2) is 12.8. The van der Waals surface area contributed by atoms with Gasteiger partial charge in [0, 0.05) is 5.56 Å². The van der Waals surface area contributed by atoms with Gasteiger partial charge in [-0.25, -0.2) is 8.78 Å². The van der Waals surface area contributed by atoms with Gasteiger partial charge < -0.3 is 4.74 Å². The lowest BCUT2D eigenvalue weighted by Crippen LogP contribution is -2.25. The van der Waals surface area contributed by atoms with Crippen molar-refractivity contribution in [2.75, 3.05) is 0 Å². The third-order valence-corrected chi connectivity index (χ3v) is 7.55. The molecule has 4 heteroatoms. The second-order valence-electron chi connectivity index (χ2n) is 10.2. The molecule has 0 unspecified atom stereocenters. The van der Waals surface area contributed by atoms with Crippen molar-refractivity contribution >= 4 is 5.97 Å². The molecule has 3 aromatic carbocycles. The zero-order valence-electron chi connectivity index (χ0n) is 21.8. The molecule has 1 fully saturated rings. The molecule has 0 radical (unpaired) electrons. The average molecular weight is 503 g/mol. The van der Waals surface area contributed by atoms with Crippen LogP contribution in [0.5, 0.6) is 5.75 Å². The number of aryl methyl sites for hydroxylation is 1. The molecular formula is C33H36F2O2. The zero-order valence-corrected chi connectivity index (χ0v) is 21.8. The fourth-order valence-electron chi connectivity index (χ4n) is 5.26. The first kappa shape index (κ1) is 26.8. The van der Waals surface area contributed by atoms with Crippen LogP contribution in [-0.4, -0.2) is 5.97 Å². The third kappa shape index (κ3) is 7.15. The van der Waals surface area contributed by atoms with E-state index in [0.29, 0.717) is 43.4 Å². The van der Waals surface area contributed by atoms with E-state index in [4.69, 9.17) is 4.74 Å². The van der Waals surface area contributed by atoms with Crippen LogP contribution in [-0.2, 0) is 17.6 Å². The smallest absolute Gasteiger partial charge is 0.314 e. The molecule has 2 nitrogen and oxygen atoms in total. The van der Waals surface area contributed by atoms with Gasteiger partial charge in [-0.15, -0.1) is 0 Å². The monoisotopic (exact) mass is 502 g/mol. The molecule has 37 heavy (non-hydrogen) atoms. The van der Waals surface area contributed by atoms with Crippen LogP contribution in [0, 0.1) is 17.6 Å². The van der Waals surface area contributed by atoms with E-state index in [1.807, 2.05) is 74.5 Å². The lowest BCUT2D eigenvalue weighted by molar-refractivity contribution is -0.140. The minimum Gasteiger partial charge on any atom is -0.426 e. The van der Waals surface area contributed by atoms with Gasteiger partial charge in [0.2, 0.25) is 0 Å². The fraction of sp³-hybridized carbons (Fsp3) is 0.364. The normalized spacial score (nSPS) is 18.6. The van der Waals surface area contributed by atoms with Gasteiger partial charge in [-0.3, -0.25) is 4.79 Å². The van der Waals surface area contributed by atoms with Crippen molar-refractivity contribution in [2.24, 2.45) is 5.92 Å². The highest BCUT2D eigenvalue weighted by molar-refractivity contribution is 5.75. The average Bonchev–Trinajstić information content (AvgIpc) is 2.92. The molecule has 0 heterocycles. The lowest BCUT2D eigenvalue weighted by atomic mass is 9.78. The summed E-state index contributed by atoms with van der Waals surface area (Å²) >= 11 is 0. The van der Waals surface area contributed by atoms with Crippen LogP contribution in [0.3, 0.4) is 0 Å². The van der Waals surface area contributed by atoms with Crippen molar-refractivity contribution < 1.29 is 18.3 Å². The molecule has 4 rings (SSSR count). The number of hydrogen-bond acceptors (Lipinski definition) is 2. The highest BCUT2D eigenvalue weighted by atomic mass is 19.1. The van der Waals surface area contributed by atoms with Crippen LogP contribution in [0.4, 0.5) is 8.78 Å². The first-order valence-corrected chi connectivity index (χ1v) is 13.4. The fourth-order valence-corrected chi connectivity index (χ4v) is 5.26. The van der Waals surface area contributed by atoms with Gasteiger partial charge in [-0.2, -0.15) is 0 Å². The first-order chi connectivity index (χ1) is 17.9. The zero-order chi connectivity index (χ0) is 26.2. The highest BCUT2D eigenvalue weighted by Crippen LogP contribution is 2.38. The summed E-state index contributed by atoms with van der Waals surface area (Å²) in [5.74, 6) is -0.737. The Labute approximate surface area is 219 Å². The Balaban J connectivity index is 1.31. The van der Waals surface area contributed by atoms with Gasteiger partial charge in [-0.05, 0) is 105 Å². The SMILES string of the molecule is C/C=C/CCc1ccc(OC(=O)C2CCC(c3cc(F)c(C[C@H](C)c4ccccc4)c(F)c3)CC2)cc1. The molecule has 1 saturated carbocycles. The summed E-state index contributed by atoms with van der Waals surface area (Å²) in [6.07, 6.45) is 9.16. The van der Waals surface area contributed by atoms with Gasteiger partial charge in [-0.1, -0.05) is 61.5 Å². The Kier molecular flexibility index (Phi) is 9.27. The van der Waals surface area contributed by atoms with Crippen molar-refractivity contribution in [1.82, 2.24) is 0 Å². The summed E-state index contributed by atoms with van der Waals surface area (Å²) in [4.78, 5) is 12.7. The van der Waals surface area contributed by atoms with Crippen molar-refractivity contribution in [3.8, 4) is 5.75 Å². The number of halogens is 2. The first-order valence-electron chi connectivity index (χ1n) is 13.4. The Hall–Kier alpha value is -3.27. The van der Waals surface area contributed by atoms with Gasteiger partial charge >= 0.3 is 5.97 Å². The molecule has 3 aromatic rings. The van der Waals surface area contributed by atoms with Crippen LogP contribution >= 0.6 is 0 Å². The van der Waals surface area contributed by atoms with Gasteiger partial charge in [0.15, 0.2) is 0 Å². The number of esters is 1. The number of carbonyl (C=O) groups excluding carboxylic acids is 1. The molecule has 194 valence electrons. The van der Waals surface area contributed by atoms with E-state index in [-0.39, 0.29) is 29.3 Å². The molecular weight excluding hydrogens is 466 g/mol. The molecule has 0 aromatic heterocycles. The van der Waals surface area contributed by atoms with Crippen molar-refractivity contribution in [2.45, 2.75) is 70.6 Å². The number of hydrogen-bond donors (Lipinski definition) is 0. The number of allylic oxidation sites excluding steroid dienone is 2. The molecule has 1 atom stereocenters. The molecule has 0 bridgehead atoms. The van der Waals surface area contributed by atoms with Crippen LogP contribution in [0.15, 0.2) is 78.9 Å². The summed E-state index contributed by atoms with van der Waals surface area (Å²) in [6.45, 7) is 4.00. The quantitative estimate of drug-likeness (QED) is 0.166. The standard InChI is InChI=1S/C33H36F2O2/c1-3-4-6-9-24-12-18-29(19-13-24)37-33(36)27-16-14-26(15-17-27)28-21-31(34)30(32(35)22-28)20-23(2)25-10-7-5-8-11-25/h3-5,7-8,10-13,18-19,21-23,26-27H,6,9,14-17,20H2,1-2H3/b4-3+/t23-,26?,27?/m0/s1. The summed E-state index contributed by atoms with van der Waals surface area (Å²) in [7, 11) is 0. The topological polar surface area (TPSA) is 26.3 Å². The Bertz CT molecular complexity index is 1170. The van der Waals surface area contributed by atoms with Crippen LogP contribution < -0.4 is 4.74 Å². The van der Waals surface area contributed by atoms with Crippen molar-refractivity contribution in [3.05, 3.63) is 113 Å². The molecule has 0 amide bonds. The van der Waals surface area contributed by atoms with Crippen molar-refractivity contribution in [1.29, 1.82) is 0 Å². The predicted octanol–water partition coefficient (Wildman–Crippen LogP) is 8.70. The van der Waals surface area contributed by atoms with E-state index in [1.165, 1.54) is 17.7 Å². The number of ether oxygens (including phenoxy) is 1. The number of benzene rings is 3. The number of rotatable bonds is 9. The molecule has 1 aliphatic rings. The van der Waals surface area contributed by atoms with Crippen LogP contribution in [0.2, 0.25) is 0 Å². The van der Waals surface area contributed by atoms with Crippen LogP contribution in [0.25, 0.3) is 0 Å². The highest BCUT2D eigenvalue weighted by Gasteiger charge is 2.29. The minimum atomic E-state index is -0.478. The van der Waals surface area contributed by atoms with E-state index in [0.717, 1.165) is 18.4 Å². The molecule has 1 aliphatic carbocycles. The summed E-state index contributed by atoms with van der Waals surface area (Å²) in [6, 6.07) is 20.5. The lowest BCUT2D eigenvalue weighted by Gasteiger charge is -2.28. The molecule has 0 N–H and O–H groups in total. The maximum atomic E-state index is 15.0. The maximum Gasteiger partial charge on any atom is 0.314 e. The predicted molar refractivity (Wildman–Crippen MR) is 145 cm³/mol. The summed E-state index contributed by atoms with van der Waals surface area (Å²) < 4.78 is 35.6. The Morgan fingerprint density at radius 3 is 2.24 bits per heavy atom. The Morgan fingerprint density at radius 2 is 1.62 bits per heavy atom. The van der Waals surface area contributed by atoms with E-state index < -0.39 is 11.6 Å². The number of carbonyl (C=O) groups is 1. The molecule has 0 saturated heterocycles. The third-order valence-electron chi connectivity index (χ3n) is 7.55. The summed E-state index contributed by atoms with van der Waals surface area (Å²) in [5, 5.41) is 0. The Morgan fingerprint density at radius 1 is 0.973 bits per heavy atom. The van der Waals surface area contributed by atoms with Gasteiger partial charge in [0.1, 0.15) is 17.4 Å². The van der Waals surface area contributed by atoms with Gasteiger partial charge in [0.25, 0.3) is 0 Å². The maximum absolute atomic E-state index is 15.0. The molecule has 0 spiro atoms. The van der Waals surface area contributed by atoms with E-state index in [2.05, 4.69) is 6.08 Å². The van der Waals surface area contributed by atoms with Gasteiger partial charge in [0.05, 0.1) is 5.92 Å². The van der Waals surface area contributed by atoms with Crippen LogP contribution in [0.1, 0.15) is 80.0 Å². The second-order valence-corrected chi connectivity index (χ2v) is 10.2. The van der Waals surface area contributed by atoms with Crippen molar-refractivity contribution in [3.63, 3.8) is 0 Å². The summed E-state index contributed by atoms with van der Waals surface area (Å²) in [5.41, 5.74) is 3.10. The van der Waals surface area contributed by atoms with E-state index in [1.54, 1.807) is 0 Å². The van der Waals surface area contributed by atoms with E-state index in [9.17, 15) is 13.6 Å². The largest absolute Gasteiger partial charge is 0.426 e. The molecule has 0 aliphatic heterocycles.